The van der Waals surface area contributed by atoms with Gasteiger partial charge in [-0.15, -0.1) is 0 Å². The van der Waals surface area contributed by atoms with Crippen LogP contribution in [-0.4, -0.2) is 68.8 Å². The highest BCUT2D eigenvalue weighted by atomic mass is 16.5. The van der Waals surface area contributed by atoms with Gasteiger partial charge in [0.2, 0.25) is 17.7 Å². The third-order valence-corrected chi connectivity index (χ3v) is 2.33. The molecule has 0 aliphatic heterocycles. The van der Waals surface area contributed by atoms with Gasteiger partial charge < -0.3 is 31.5 Å². The van der Waals surface area contributed by atoms with Crippen molar-refractivity contribution < 1.29 is 24.2 Å². The predicted octanol–water partition coefficient (Wildman–Crippen LogP) is -1.40. The highest BCUT2D eigenvalue weighted by Gasteiger charge is 2.13. The van der Waals surface area contributed by atoms with Crippen LogP contribution in [0.5, 0.6) is 0 Å². The highest BCUT2D eigenvalue weighted by molar-refractivity contribution is 5.83. The maximum atomic E-state index is 11.4. The average molecular weight is 338 g/mol. The Bertz CT molecular complexity index is 322. The first kappa shape index (κ1) is 29.3. The second-order valence-electron chi connectivity index (χ2n) is 3.92. The van der Waals surface area contributed by atoms with Crippen molar-refractivity contribution in [2.45, 2.75) is 34.7 Å². The van der Waals surface area contributed by atoms with Crippen LogP contribution in [0.1, 0.15) is 28.7 Å². The Morgan fingerprint density at radius 2 is 1.74 bits per heavy atom. The molecule has 0 aliphatic carbocycles. The molecule has 0 aromatic carbocycles. The molecule has 0 fully saturated rings. The molecule has 9 heteroatoms. The van der Waals surface area contributed by atoms with E-state index >= 15 is 0 Å². The number of likely N-dealkylation sites (N-methyl/N-ethyl adjacent to an activating group) is 1. The van der Waals surface area contributed by atoms with Crippen molar-refractivity contribution in [1.29, 1.82) is 0 Å². The van der Waals surface area contributed by atoms with Gasteiger partial charge in [-0.1, -0.05) is 22.3 Å². The summed E-state index contributed by atoms with van der Waals surface area (Å²) in [5.41, 5.74) is 4.86. The summed E-state index contributed by atoms with van der Waals surface area (Å²) >= 11 is 0. The van der Waals surface area contributed by atoms with Crippen molar-refractivity contribution in [3.63, 3.8) is 0 Å². The molecule has 0 radical (unpaired) electrons. The number of carbonyl (C=O) groups excluding carboxylic acids is 3. The van der Waals surface area contributed by atoms with E-state index in [1.165, 1.54) is 0 Å². The fraction of sp³-hybridized carbons (Fsp3) is 0.786. The molecule has 1 atom stereocenters. The van der Waals surface area contributed by atoms with Gasteiger partial charge in [-0.3, -0.25) is 14.4 Å². The minimum Gasteiger partial charge on any atom is -0.394 e. The SMILES string of the molecule is C.C.C.CN[C@@H](CO)C(=O)NCCOCCC(=O)NCC(N)=O. The summed E-state index contributed by atoms with van der Waals surface area (Å²) in [5, 5.41) is 16.4. The molecular formula is C14H34N4O5. The van der Waals surface area contributed by atoms with Crippen molar-refractivity contribution >= 4 is 17.7 Å². The lowest BCUT2D eigenvalue weighted by atomic mass is 10.3. The molecule has 0 saturated heterocycles. The number of nitrogens with two attached hydrogens (primary N) is 1. The van der Waals surface area contributed by atoms with Gasteiger partial charge in [-0.25, -0.2) is 0 Å². The number of aliphatic hydroxyl groups excluding tert-OH is 1. The summed E-state index contributed by atoms with van der Waals surface area (Å²) in [5.74, 6) is -1.26. The Morgan fingerprint density at radius 1 is 1.13 bits per heavy atom. The van der Waals surface area contributed by atoms with Crippen LogP contribution < -0.4 is 21.7 Å². The molecule has 0 aromatic rings. The lowest BCUT2D eigenvalue weighted by Gasteiger charge is -2.13. The normalized spacial score (nSPS) is 10.2. The Kier molecular flexibility index (Phi) is 23.4. The first-order chi connectivity index (χ1) is 9.51. The molecule has 0 rings (SSSR count). The Hall–Kier alpha value is -1.71. The van der Waals surface area contributed by atoms with E-state index in [1.807, 2.05) is 0 Å². The molecule has 0 spiro atoms. The van der Waals surface area contributed by atoms with Crippen LogP contribution in [0, 0.1) is 0 Å². The minimum atomic E-state index is -0.644. The van der Waals surface area contributed by atoms with E-state index in [0.717, 1.165) is 0 Å². The summed E-state index contributed by atoms with van der Waals surface area (Å²) in [6, 6.07) is -0.644. The summed E-state index contributed by atoms with van der Waals surface area (Å²) < 4.78 is 5.13. The van der Waals surface area contributed by atoms with Crippen LogP contribution in [-0.2, 0) is 19.1 Å². The third-order valence-electron chi connectivity index (χ3n) is 2.33. The molecule has 23 heavy (non-hydrogen) atoms. The minimum absolute atomic E-state index is 0. The van der Waals surface area contributed by atoms with E-state index in [9.17, 15) is 14.4 Å². The smallest absolute Gasteiger partial charge is 0.239 e. The van der Waals surface area contributed by atoms with E-state index in [0.29, 0.717) is 0 Å². The second-order valence-corrected chi connectivity index (χ2v) is 3.92. The number of carbonyl (C=O) groups is 3. The molecule has 0 saturated carbocycles. The van der Waals surface area contributed by atoms with Gasteiger partial charge in [-0.2, -0.15) is 0 Å². The fourth-order valence-electron chi connectivity index (χ4n) is 1.22. The molecule has 0 unspecified atom stereocenters. The van der Waals surface area contributed by atoms with Crippen LogP contribution in [0.15, 0.2) is 0 Å². The third kappa shape index (κ3) is 16.5. The standard InChI is InChI=1S/C11H22N4O5.3CH4/c1-13-8(7-16)11(19)14-3-5-20-4-2-10(18)15-6-9(12)17;;;/h8,13,16H,2-7H2,1H3,(H2,12,17)(H,14,19)(H,15,18);3*1H4/t8-;;;/m0.../s1. The average Bonchev–Trinajstić information content (AvgIpc) is 2.41. The molecule has 0 heterocycles. The molecule has 6 N–H and O–H groups in total. The molecule has 9 nitrogen and oxygen atoms in total. The van der Waals surface area contributed by atoms with Gasteiger partial charge in [0.1, 0.15) is 6.04 Å². The van der Waals surface area contributed by atoms with Crippen LogP contribution in [0.4, 0.5) is 0 Å². The molecule has 140 valence electrons. The topological polar surface area (TPSA) is 143 Å². The van der Waals surface area contributed by atoms with Crippen LogP contribution in [0.2, 0.25) is 0 Å². The molecule has 0 aromatic heterocycles. The number of amides is 3. The van der Waals surface area contributed by atoms with E-state index in [4.69, 9.17) is 15.6 Å². The fourth-order valence-corrected chi connectivity index (χ4v) is 1.22. The van der Waals surface area contributed by atoms with Crippen molar-refractivity contribution in [2.24, 2.45) is 5.73 Å². The van der Waals surface area contributed by atoms with Gasteiger partial charge in [0.25, 0.3) is 0 Å². The van der Waals surface area contributed by atoms with Gasteiger partial charge in [0.15, 0.2) is 0 Å². The summed E-state index contributed by atoms with van der Waals surface area (Å²) in [7, 11) is 1.57. The Balaban J connectivity index is -0.000000602. The molecule has 3 amide bonds. The highest BCUT2D eigenvalue weighted by Crippen LogP contribution is 1.84. The summed E-state index contributed by atoms with van der Waals surface area (Å²) in [4.78, 5) is 32.9. The Morgan fingerprint density at radius 3 is 2.22 bits per heavy atom. The molecular weight excluding hydrogens is 304 g/mol. The first-order valence-electron chi connectivity index (χ1n) is 6.19. The largest absolute Gasteiger partial charge is 0.394 e. The quantitative estimate of drug-likeness (QED) is 0.293. The number of nitrogens with one attached hydrogen (secondary N) is 3. The number of primary amides is 1. The number of aliphatic hydroxyl groups is 1. The zero-order valence-corrected chi connectivity index (χ0v) is 11.5. The lowest BCUT2D eigenvalue weighted by Crippen LogP contribution is -2.45. The number of ether oxygens (including phenoxy) is 1. The van der Waals surface area contributed by atoms with Crippen molar-refractivity contribution in [3.05, 3.63) is 0 Å². The first-order valence-corrected chi connectivity index (χ1v) is 6.19. The van der Waals surface area contributed by atoms with E-state index in [1.54, 1.807) is 7.05 Å². The second kappa shape index (κ2) is 18.3. The van der Waals surface area contributed by atoms with E-state index in [2.05, 4.69) is 16.0 Å². The van der Waals surface area contributed by atoms with Gasteiger partial charge in [0, 0.05) is 13.0 Å². The predicted molar refractivity (Wildman–Crippen MR) is 90.8 cm³/mol. The number of rotatable bonds is 11. The van der Waals surface area contributed by atoms with Crippen molar-refractivity contribution in [3.8, 4) is 0 Å². The van der Waals surface area contributed by atoms with Crippen molar-refractivity contribution in [2.75, 3.05) is 40.0 Å². The summed E-state index contributed by atoms with van der Waals surface area (Å²) in [6.07, 6.45) is 0.108. The van der Waals surface area contributed by atoms with E-state index in [-0.39, 0.29) is 73.4 Å². The van der Waals surface area contributed by atoms with Gasteiger partial charge in [0.05, 0.1) is 26.4 Å². The molecule has 0 bridgehead atoms. The van der Waals surface area contributed by atoms with Crippen molar-refractivity contribution in [1.82, 2.24) is 16.0 Å². The van der Waals surface area contributed by atoms with Crippen LogP contribution in [0.3, 0.4) is 0 Å². The number of hydrogen-bond donors (Lipinski definition) is 5. The molecule has 0 aliphatic rings. The zero-order valence-electron chi connectivity index (χ0n) is 11.5. The Labute approximate surface area is 139 Å². The van der Waals surface area contributed by atoms with Crippen LogP contribution in [0.25, 0.3) is 0 Å². The maximum absolute atomic E-state index is 11.4. The van der Waals surface area contributed by atoms with Gasteiger partial charge >= 0.3 is 0 Å². The monoisotopic (exact) mass is 338 g/mol. The lowest BCUT2D eigenvalue weighted by molar-refractivity contribution is -0.126. The van der Waals surface area contributed by atoms with Gasteiger partial charge in [-0.05, 0) is 7.05 Å². The summed E-state index contributed by atoms with van der Waals surface area (Å²) in [6.45, 7) is 0.219. The van der Waals surface area contributed by atoms with Crippen LogP contribution >= 0.6 is 0 Å². The maximum Gasteiger partial charge on any atom is 0.239 e. The number of hydrogen-bond acceptors (Lipinski definition) is 6. The zero-order chi connectivity index (χ0) is 15.4. The van der Waals surface area contributed by atoms with E-state index < -0.39 is 11.9 Å².